The van der Waals surface area contributed by atoms with Crippen molar-refractivity contribution in [3.8, 4) is 0 Å². The van der Waals surface area contributed by atoms with Crippen molar-refractivity contribution in [1.82, 2.24) is 0 Å². The molecule has 1 saturated carbocycles. The third-order valence-electron chi connectivity index (χ3n) is 3.84. The minimum atomic E-state index is -0.281. The van der Waals surface area contributed by atoms with Crippen molar-refractivity contribution in [3.63, 3.8) is 0 Å². The van der Waals surface area contributed by atoms with Gasteiger partial charge in [0.1, 0.15) is 5.82 Å². The fourth-order valence-corrected chi connectivity index (χ4v) is 2.79. The molecule has 1 aliphatic carbocycles. The average molecular weight is 241 g/mol. The molecular formula is C14H18ClF. The van der Waals surface area contributed by atoms with Crippen molar-refractivity contribution in [2.75, 3.05) is 0 Å². The van der Waals surface area contributed by atoms with Gasteiger partial charge in [0.25, 0.3) is 0 Å². The molecule has 2 rings (SSSR count). The molecule has 0 atom stereocenters. The summed E-state index contributed by atoms with van der Waals surface area (Å²) in [5.41, 5.74) is 1.12. The molecule has 1 fully saturated rings. The van der Waals surface area contributed by atoms with Gasteiger partial charge in [-0.2, -0.15) is 0 Å². The molecular weight excluding hydrogens is 223 g/mol. The summed E-state index contributed by atoms with van der Waals surface area (Å²) in [7, 11) is 0. The Morgan fingerprint density at radius 3 is 2.50 bits per heavy atom. The molecule has 16 heavy (non-hydrogen) atoms. The third kappa shape index (κ3) is 2.57. The van der Waals surface area contributed by atoms with E-state index in [9.17, 15) is 4.39 Å². The van der Waals surface area contributed by atoms with Crippen LogP contribution in [0, 0.1) is 11.7 Å². The van der Waals surface area contributed by atoms with Gasteiger partial charge in [-0.1, -0.05) is 31.0 Å². The average Bonchev–Trinajstić information content (AvgIpc) is 2.33. The van der Waals surface area contributed by atoms with Crippen LogP contribution in [0.5, 0.6) is 0 Å². The summed E-state index contributed by atoms with van der Waals surface area (Å²) in [4.78, 5) is 0. The zero-order valence-electron chi connectivity index (χ0n) is 9.68. The Labute approximate surface area is 102 Å². The van der Waals surface area contributed by atoms with Gasteiger partial charge >= 0.3 is 0 Å². The van der Waals surface area contributed by atoms with E-state index in [1.807, 2.05) is 6.07 Å². The summed E-state index contributed by atoms with van der Waals surface area (Å²) in [6, 6.07) is 5.26. The van der Waals surface area contributed by atoms with Gasteiger partial charge in [0.05, 0.1) is 5.02 Å². The van der Waals surface area contributed by atoms with Crippen LogP contribution in [0.3, 0.4) is 0 Å². The van der Waals surface area contributed by atoms with Gasteiger partial charge < -0.3 is 0 Å². The summed E-state index contributed by atoms with van der Waals surface area (Å²) in [6.07, 6.45) is 6.23. The molecule has 2 heteroatoms. The molecule has 0 aromatic heterocycles. The molecule has 0 spiro atoms. The second-order valence-corrected chi connectivity index (χ2v) is 5.21. The summed E-state index contributed by atoms with van der Waals surface area (Å²) >= 11 is 5.69. The predicted molar refractivity (Wildman–Crippen MR) is 66.4 cm³/mol. The first-order valence-electron chi connectivity index (χ1n) is 6.15. The van der Waals surface area contributed by atoms with E-state index in [0.717, 1.165) is 11.5 Å². The van der Waals surface area contributed by atoms with E-state index < -0.39 is 0 Å². The lowest BCUT2D eigenvalue weighted by atomic mass is 9.78. The minimum absolute atomic E-state index is 0.228. The number of rotatable bonds is 2. The fourth-order valence-electron chi connectivity index (χ4n) is 2.67. The Morgan fingerprint density at radius 2 is 1.94 bits per heavy atom. The van der Waals surface area contributed by atoms with Crippen LogP contribution in [0.25, 0.3) is 0 Å². The van der Waals surface area contributed by atoms with Crippen LogP contribution in [0.1, 0.15) is 50.5 Å². The molecule has 0 saturated heterocycles. The highest BCUT2D eigenvalue weighted by atomic mass is 35.5. The SMILES string of the molecule is CC[C@H]1CC[C@H](c2ccc(Cl)c(F)c2)CC1. The first kappa shape index (κ1) is 11.9. The second-order valence-electron chi connectivity index (χ2n) is 4.80. The summed E-state index contributed by atoms with van der Waals surface area (Å²) in [5, 5.41) is 0.228. The molecule has 0 heterocycles. The van der Waals surface area contributed by atoms with Crippen molar-refractivity contribution < 1.29 is 4.39 Å². The molecule has 88 valence electrons. The molecule has 0 N–H and O–H groups in total. The lowest BCUT2D eigenvalue weighted by Gasteiger charge is -2.28. The topological polar surface area (TPSA) is 0 Å². The minimum Gasteiger partial charge on any atom is -0.205 e. The van der Waals surface area contributed by atoms with Crippen LogP contribution in [0.15, 0.2) is 18.2 Å². The van der Waals surface area contributed by atoms with Crippen LogP contribution >= 0.6 is 11.6 Å². The van der Waals surface area contributed by atoms with E-state index >= 15 is 0 Å². The highest BCUT2D eigenvalue weighted by Gasteiger charge is 2.21. The quantitative estimate of drug-likeness (QED) is 0.670. The van der Waals surface area contributed by atoms with E-state index in [4.69, 9.17) is 11.6 Å². The Morgan fingerprint density at radius 1 is 1.25 bits per heavy atom. The Kier molecular flexibility index (Phi) is 3.86. The monoisotopic (exact) mass is 240 g/mol. The van der Waals surface area contributed by atoms with Gasteiger partial charge in [-0.25, -0.2) is 4.39 Å². The van der Waals surface area contributed by atoms with E-state index in [1.54, 1.807) is 12.1 Å². The Balaban J connectivity index is 2.05. The molecule has 1 aliphatic rings. The zero-order valence-corrected chi connectivity index (χ0v) is 10.4. The molecule has 0 unspecified atom stereocenters. The Bertz CT molecular complexity index is 354. The van der Waals surface area contributed by atoms with Crippen molar-refractivity contribution >= 4 is 11.6 Å². The molecule has 0 amide bonds. The normalized spacial score (nSPS) is 25.7. The first-order chi connectivity index (χ1) is 7.70. The largest absolute Gasteiger partial charge is 0.205 e. The first-order valence-corrected chi connectivity index (χ1v) is 6.53. The van der Waals surface area contributed by atoms with Gasteiger partial charge in [-0.3, -0.25) is 0 Å². The van der Waals surface area contributed by atoms with E-state index in [0.29, 0.717) is 5.92 Å². The summed E-state index contributed by atoms with van der Waals surface area (Å²) in [6.45, 7) is 2.26. The second kappa shape index (κ2) is 5.18. The standard InChI is InChI=1S/C14H18ClF/c1-2-10-3-5-11(6-4-10)12-7-8-13(15)14(16)9-12/h7-11H,2-6H2,1H3/t10-,11-. The maximum atomic E-state index is 13.3. The molecule has 1 aromatic rings. The van der Waals surface area contributed by atoms with Crippen molar-refractivity contribution in [1.29, 1.82) is 0 Å². The molecule has 0 nitrogen and oxygen atoms in total. The van der Waals surface area contributed by atoms with Crippen LogP contribution in [0.2, 0.25) is 5.02 Å². The maximum Gasteiger partial charge on any atom is 0.142 e. The van der Waals surface area contributed by atoms with Gasteiger partial charge in [0.2, 0.25) is 0 Å². The number of halogens is 2. The smallest absolute Gasteiger partial charge is 0.142 e. The van der Waals surface area contributed by atoms with E-state index in [2.05, 4.69) is 6.92 Å². The van der Waals surface area contributed by atoms with Crippen molar-refractivity contribution in [2.45, 2.75) is 44.9 Å². The van der Waals surface area contributed by atoms with E-state index in [1.165, 1.54) is 32.1 Å². The lowest BCUT2D eigenvalue weighted by molar-refractivity contribution is 0.318. The van der Waals surface area contributed by atoms with Gasteiger partial charge in [-0.15, -0.1) is 0 Å². The van der Waals surface area contributed by atoms with E-state index in [-0.39, 0.29) is 10.8 Å². The summed E-state index contributed by atoms with van der Waals surface area (Å²) < 4.78 is 13.3. The van der Waals surface area contributed by atoms with Crippen molar-refractivity contribution in [3.05, 3.63) is 34.6 Å². The van der Waals surface area contributed by atoms with Crippen LogP contribution < -0.4 is 0 Å². The molecule has 0 aliphatic heterocycles. The van der Waals surface area contributed by atoms with Gasteiger partial charge in [0, 0.05) is 0 Å². The van der Waals surface area contributed by atoms with Crippen LogP contribution in [0.4, 0.5) is 4.39 Å². The predicted octanol–water partition coefficient (Wildman–Crippen LogP) is 5.16. The molecule has 1 aromatic carbocycles. The van der Waals surface area contributed by atoms with Gasteiger partial charge in [-0.05, 0) is 55.2 Å². The molecule has 0 bridgehead atoms. The summed E-state index contributed by atoms with van der Waals surface area (Å²) in [5.74, 6) is 1.14. The van der Waals surface area contributed by atoms with Gasteiger partial charge in [0.15, 0.2) is 0 Å². The van der Waals surface area contributed by atoms with Crippen LogP contribution in [-0.2, 0) is 0 Å². The van der Waals surface area contributed by atoms with Crippen molar-refractivity contribution in [2.24, 2.45) is 5.92 Å². The Hall–Kier alpha value is -0.560. The fraction of sp³-hybridized carbons (Fsp3) is 0.571. The number of hydrogen-bond donors (Lipinski definition) is 0. The number of hydrogen-bond acceptors (Lipinski definition) is 0. The zero-order chi connectivity index (χ0) is 11.5. The maximum absolute atomic E-state index is 13.3. The number of benzene rings is 1. The molecule has 0 radical (unpaired) electrons. The lowest BCUT2D eigenvalue weighted by Crippen LogP contribution is -2.12. The van der Waals surface area contributed by atoms with Crippen LogP contribution in [-0.4, -0.2) is 0 Å². The highest BCUT2D eigenvalue weighted by molar-refractivity contribution is 6.30. The third-order valence-corrected chi connectivity index (χ3v) is 4.15. The highest BCUT2D eigenvalue weighted by Crippen LogP contribution is 2.37.